The van der Waals surface area contributed by atoms with E-state index in [-0.39, 0.29) is 11.6 Å². The minimum atomic E-state index is -3.20. The Balaban J connectivity index is 1.61. The highest BCUT2D eigenvalue weighted by Gasteiger charge is 2.52. The molecule has 1 aliphatic heterocycles. The van der Waals surface area contributed by atoms with Gasteiger partial charge in [-0.1, -0.05) is 31.9 Å². The van der Waals surface area contributed by atoms with E-state index in [1.807, 2.05) is 76.2 Å². The van der Waals surface area contributed by atoms with Crippen molar-refractivity contribution in [1.82, 2.24) is 9.13 Å². The van der Waals surface area contributed by atoms with Crippen LogP contribution >= 0.6 is 44.4 Å². The van der Waals surface area contributed by atoms with E-state index in [0.29, 0.717) is 11.5 Å². The number of halogens is 4. The van der Waals surface area contributed by atoms with Crippen LogP contribution in [0.1, 0.15) is 22.8 Å². The summed E-state index contributed by atoms with van der Waals surface area (Å²) in [6.07, 6.45) is -6.40. The quantitative estimate of drug-likeness (QED) is 0.156. The van der Waals surface area contributed by atoms with Crippen LogP contribution in [0.4, 0.5) is 8.78 Å². The summed E-state index contributed by atoms with van der Waals surface area (Å²) in [6.45, 7) is 8.16. The second kappa shape index (κ2) is 12.5. The molecule has 0 bridgehead atoms. The first-order chi connectivity index (χ1) is 22.8. The number of hydrogen-bond donors (Lipinski definition) is 0. The van der Waals surface area contributed by atoms with Crippen LogP contribution < -0.4 is 30.3 Å². The Hall–Kier alpha value is -2.84. The lowest BCUT2D eigenvalue weighted by molar-refractivity contribution is 0.603. The molecule has 4 nitrogen and oxygen atoms in total. The fraction of sp³-hybridized carbons (Fsp3) is 0.111. The van der Waals surface area contributed by atoms with Gasteiger partial charge in [-0.15, -0.1) is 0 Å². The first-order valence-corrected chi connectivity index (χ1v) is 21.9. The highest BCUT2D eigenvalue weighted by Crippen LogP contribution is 2.60. The molecule has 0 saturated carbocycles. The van der Waals surface area contributed by atoms with Gasteiger partial charge in [0.2, 0.25) is 0 Å². The van der Waals surface area contributed by atoms with E-state index in [4.69, 9.17) is 32.7 Å². The normalized spacial score (nSPS) is 18.3. The predicted octanol–water partition coefficient (Wildman–Crippen LogP) is 9.47. The molecule has 7 rings (SSSR count). The molecule has 0 atom stereocenters. The zero-order valence-electron chi connectivity index (χ0n) is 26.2. The fourth-order valence-electron chi connectivity index (χ4n) is 6.67. The lowest BCUT2D eigenvalue weighted by Gasteiger charge is -2.36. The van der Waals surface area contributed by atoms with Crippen molar-refractivity contribution in [2.45, 2.75) is 27.7 Å². The molecule has 244 valence electrons. The Morgan fingerprint density at radius 1 is 0.479 bits per heavy atom. The van der Waals surface area contributed by atoms with E-state index in [0.717, 1.165) is 64.3 Å². The number of fused-ring (bicyclic) bond motifs is 2. The van der Waals surface area contributed by atoms with Gasteiger partial charge in [0.15, 0.2) is 12.5 Å². The SMILES string of the molecule is Cc1c2c(c(C)n1-c1ccc(Br)cc1)P(=S)(Oc1ccc(F)cc1)c1c(c(C)n(-c3ccc(Br)cc3)c1C)P2(=S)Oc1ccc(F)cc1. The number of aromatic nitrogens is 2. The summed E-state index contributed by atoms with van der Waals surface area (Å²) >= 11 is 20.8. The van der Waals surface area contributed by atoms with Gasteiger partial charge in [-0.2, -0.15) is 0 Å². The molecule has 2 aromatic heterocycles. The molecule has 4 aromatic carbocycles. The maximum absolute atomic E-state index is 14.1. The molecule has 0 spiro atoms. The third kappa shape index (κ3) is 5.40. The lowest BCUT2D eigenvalue weighted by atomic mass is 10.3. The van der Waals surface area contributed by atoms with E-state index in [2.05, 4.69) is 41.0 Å². The second-order valence-electron chi connectivity index (χ2n) is 11.6. The van der Waals surface area contributed by atoms with Crippen molar-refractivity contribution >= 4 is 89.2 Å². The van der Waals surface area contributed by atoms with Gasteiger partial charge in [-0.3, -0.25) is 0 Å². The van der Waals surface area contributed by atoms with Crippen molar-refractivity contribution in [2.24, 2.45) is 0 Å². The molecule has 0 amide bonds. The fourth-order valence-corrected chi connectivity index (χ4v) is 18.4. The zero-order chi connectivity index (χ0) is 34.1. The Kier molecular flexibility index (Phi) is 8.75. The maximum Gasteiger partial charge on any atom is 0.176 e. The molecule has 12 heteroatoms. The maximum atomic E-state index is 14.1. The molecular weight excluding hydrogens is 816 g/mol. The van der Waals surface area contributed by atoms with E-state index in [1.165, 1.54) is 24.3 Å². The summed E-state index contributed by atoms with van der Waals surface area (Å²) < 4.78 is 48.5. The summed E-state index contributed by atoms with van der Waals surface area (Å²) in [4.78, 5) is 0. The van der Waals surface area contributed by atoms with Crippen molar-refractivity contribution in [1.29, 1.82) is 0 Å². The summed E-state index contributed by atoms with van der Waals surface area (Å²) in [5.74, 6) is 0.199. The zero-order valence-corrected chi connectivity index (χ0v) is 32.8. The molecule has 0 saturated heterocycles. The minimum Gasteiger partial charge on any atom is -0.458 e. The lowest BCUT2D eigenvalue weighted by Crippen LogP contribution is -2.46. The molecule has 1 aliphatic rings. The smallest absolute Gasteiger partial charge is 0.176 e. The van der Waals surface area contributed by atoms with Crippen LogP contribution in [0.5, 0.6) is 11.5 Å². The van der Waals surface area contributed by atoms with Gasteiger partial charge in [0.1, 0.15) is 23.1 Å². The Morgan fingerprint density at radius 2 is 0.750 bits per heavy atom. The predicted molar refractivity (Wildman–Crippen MR) is 207 cm³/mol. The summed E-state index contributed by atoms with van der Waals surface area (Å²) in [5.41, 5.74) is 5.45. The summed E-state index contributed by atoms with van der Waals surface area (Å²) in [7, 11) is 0. The van der Waals surface area contributed by atoms with Crippen molar-refractivity contribution < 1.29 is 17.8 Å². The first-order valence-electron chi connectivity index (χ1n) is 14.9. The molecule has 0 radical (unpaired) electrons. The van der Waals surface area contributed by atoms with Crippen LogP contribution in [0.25, 0.3) is 11.4 Å². The highest BCUT2D eigenvalue weighted by atomic mass is 79.9. The van der Waals surface area contributed by atoms with Crippen LogP contribution in [-0.2, 0) is 23.6 Å². The first kappa shape index (κ1) is 33.6. The average Bonchev–Trinajstić information content (AvgIpc) is 3.49. The van der Waals surface area contributed by atoms with E-state index >= 15 is 0 Å². The van der Waals surface area contributed by atoms with Gasteiger partial charge in [0, 0.05) is 43.1 Å². The molecular formula is C36H28Br2F2N2O2P2S2. The number of benzene rings is 4. The van der Waals surface area contributed by atoms with Crippen LogP contribution in [-0.4, -0.2) is 9.13 Å². The van der Waals surface area contributed by atoms with Crippen molar-refractivity contribution in [2.75, 3.05) is 0 Å². The summed E-state index contributed by atoms with van der Waals surface area (Å²) in [5, 5.41) is 3.32. The summed E-state index contributed by atoms with van der Waals surface area (Å²) in [6, 6.07) is 28.1. The largest absolute Gasteiger partial charge is 0.458 e. The molecule has 48 heavy (non-hydrogen) atoms. The monoisotopic (exact) mass is 842 g/mol. The van der Waals surface area contributed by atoms with Crippen molar-refractivity contribution in [3.63, 3.8) is 0 Å². The van der Waals surface area contributed by atoms with Gasteiger partial charge in [0.05, 0.1) is 21.2 Å². The van der Waals surface area contributed by atoms with Gasteiger partial charge >= 0.3 is 0 Å². The molecule has 6 aromatic rings. The van der Waals surface area contributed by atoms with Crippen LogP contribution in [0.2, 0.25) is 0 Å². The molecule has 3 heterocycles. The van der Waals surface area contributed by atoms with E-state index in [9.17, 15) is 8.78 Å². The Morgan fingerprint density at radius 3 is 1.02 bits per heavy atom. The Labute approximate surface area is 305 Å². The van der Waals surface area contributed by atoms with Gasteiger partial charge < -0.3 is 18.2 Å². The standard InChI is InChI=1S/C36H28Br2F2N2O2P2S2/c1-21-33-34(22(2)41(21)29-13-5-25(37)6-14-29)46(48,44-32-19-11-28(40)12-20-32)36-24(4)42(30-15-7-26(38)8-16-30)23(3)35(36)45(33,47)43-31-17-9-27(39)10-18-31/h5-20H,1-4H3. The number of rotatable bonds is 6. The van der Waals surface area contributed by atoms with E-state index in [1.54, 1.807) is 24.3 Å². The second-order valence-corrected chi connectivity index (χ2v) is 20.8. The van der Waals surface area contributed by atoms with Gasteiger partial charge in [-0.05, 0) is 148 Å². The minimum absolute atomic E-state index is 0.367. The topological polar surface area (TPSA) is 28.3 Å². The highest BCUT2D eigenvalue weighted by molar-refractivity contribution is 9.10. The van der Waals surface area contributed by atoms with Crippen molar-refractivity contribution in [3.8, 4) is 22.9 Å². The van der Waals surface area contributed by atoms with Gasteiger partial charge in [0.25, 0.3) is 0 Å². The average molecular weight is 845 g/mol. The van der Waals surface area contributed by atoms with Crippen molar-refractivity contribution in [3.05, 3.63) is 140 Å². The van der Waals surface area contributed by atoms with Crippen LogP contribution in [0.15, 0.2) is 106 Å². The molecule has 0 fully saturated rings. The third-order valence-corrected chi connectivity index (χ3v) is 18.1. The van der Waals surface area contributed by atoms with Crippen LogP contribution in [0, 0.1) is 39.3 Å². The number of nitrogens with zero attached hydrogens (tertiary/aromatic N) is 2. The van der Waals surface area contributed by atoms with Crippen LogP contribution in [0.3, 0.4) is 0 Å². The van der Waals surface area contributed by atoms with E-state index < -0.39 is 12.5 Å². The molecule has 0 N–H and O–H groups in total. The Bertz CT molecular complexity index is 2090. The number of hydrogen-bond acceptors (Lipinski definition) is 4. The van der Waals surface area contributed by atoms with Gasteiger partial charge in [-0.25, -0.2) is 8.78 Å². The molecule has 0 unspecified atom stereocenters. The third-order valence-electron chi connectivity index (χ3n) is 8.60. The molecule has 0 aliphatic carbocycles.